The first-order chi connectivity index (χ1) is 11.1. The van der Waals surface area contributed by atoms with E-state index < -0.39 is 0 Å². The summed E-state index contributed by atoms with van der Waals surface area (Å²) in [6.07, 6.45) is 1.27. The van der Waals surface area contributed by atoms with E-state index in [1.54, 1.807) is 17.6 Å². The van der Waals surface area contributed by atoms with Crippen LogP contribution in [0.3, 0.4) is 0 Å². The quantitative estimate of drug-likeness (QED) is 0.901. The number of rotatable bonds is 5. The molecule has 0 spiro atoms. The van der Waals surface area contributed by atoms with Gasteiger partial charge in [-0.15, -0.1) is 0 Å². The SMILES string of the molecule is Cc1nc2ccccc2c(=O)n1CCC(=O)NC[C@H]1CCOC1. The fourth-order valence-electron chi connectivity index (χ4n) is 2.85. The number of para-hydroxylation sites is 1. The Hall–Kier alpha value is -2.21. The molecule has 0 unspecified atom stereocenters. The van der Waals surface area contributed by atoms with Gasteiger partial charge in [0.25, 0.3) is 5.56 Å². The van der Waals surface area contributed by atoms with Crippen LogP contribution in [0.5, 0.6) is 0 Å². The molecule has 122 valence electrons. The number of amides is 1. The lowest BCUT2D eigenvalue weighted by atomic mass is 10.1. The predicted octanol–water partition coefficient (Wildman–Crippen LogP) is 1.25. The number of nitrogens with zero attached hydrogens (tertiary/aromatic N) is 2. The van der Waals surface area contributed by atoms with E-state index in [2.05, 4.69) is 10.3 Å². The number of hydrogen-bond acceptors (Lipinski definition) is 4. The number of aromatic nitrogens is 2. The first kappa shape index (κ1) is 15.7. The zero-order chi connectivity index (χ0) is 16.2. The van der Waals surface area contributed by atoms with Crippen molar-refractivity contribution in [1.29, 1.82) is 0 Å². The highest BCUT2D eigenvalue weighted by molar-refractivity contribution is 5.77. The molecular weight excluding hydrogens is 294 g/mol. The van der Waals surface area contributed by atoms with Crippen LogP contribution in [0.2, 0.25) is 0 Å². The van der Waals surface area contributed by atoms with Crippen molar-refractivity contribution in [2.24, 2.45) is 5.92 Å². The van der Waals surface area contributed by atoms with E-state index >= 15 is 0 Å². The average Bonchev–Trinajstić information content (AvgIpc) is 3.06. The Bertz CT molecular complexity index is 763. The maximum absolute atomic E-state index is 12.5. The molecule has 2 heterocycles. The highest BCUT2D eigenvalue weighted by Gasteiger charge is 2.16. The molecule has 1 aromatic heterocycles. The second-order valence-electron chi connectivity index (χ2n) is 5.92. The van der Waals surface area contributed by atoms with Gasteiger partial charge in [0, 0.05) is 32.0 Å². The fraction of sp³-hybridized carbons (Fsp3) is 0.471. The Labute approximate surface area is 134 Å². The van der Waals surface area contributed by atoms with E-state index in [0.29, 0.717) is 42.3 Å². The topological polar surface area (TPSA) is 73.2 Å². The molecule has 0 saturated carbocycles. The van der Waals surface area contributed by atoms with Crippen molar-refractivity contribution in [3.05, 3.63) is 40.4 Å². The summed E-state index contributed by atoms with van der Waals surface area (Å²) in [5, 5.41) is 3.50. The highest BCUT2D eigenvalue weighted by atomic mass is 16.5. The second-order valence-corrected chi connectivity index (χ2v) is 5.92. The number of carbonyl (C=O) groups excluding carboxylic acids is 1. The third kappa shape index (κ3) is 3.59. The van der Waals surface area contributed by atoms with Crippen LogP contribution in [0.1, 0.15) is 18.7 Å². The van der Waals surface area contributed by atoms with Crippen molar-refractivity contribution in [2.75, 3.05) is 19.8 Å². The average molecular weight is 315 g/mol. The number of benzene rings is 1. The zero-order valence-electron chi connectivity index (χ0n) is 13.2. The molecule has 2 aromatic rings. The van der Waals surface area contributed by atoms with Crippen molar-refractivity contribution in [2.45, 2.75) is 26.3 Å². The summed E-state index contributed by atoms with van der Waals surface area (Å²) >= 11 is 0. The first-order valence-electron chi connectivity index (χ1n) is 7.96. The van der Waals surface area contributed by atoms with Crippen LogP contribution in [-0.2, 0) is 16.1 Å². The van der Waals surface area contributed by atoms with Crippen molar-refractivity contribution < 1.29 is 9.53 Å². The van der Waals surface area contributed by atoms with Gasteiger partial charge in [0.1, 0.15) is 5.82 Å². The minimum Gasteiger partial charge on any atom is -0.381 e. The lowest BCUT2D eigenvalue weighted by Gasteiger charge is -2.12. The van der Waals surface area contributed by atoms with Gasteiger partial charge in [-0.05, 0) is 25.5 Å². The number of fused-ring (bicyclic) bond motifs is 1. The maximum atomic E-state index is 12.5. The van der Waals surface area contributed by atoms with Crippen LogP contribution in [0, 0.1) is 12.8 Å². The minimum absolute atomic E-state index is 0.0450. The fourth-order valence-corrected chi connectivity index (χ4v) is 2.85. The third-order valence-corrected chi connectivity index (χ3v) is 4.23. The summed E-state index contributed by atoms with van der Waals surface area (Å²) in [6, 6.07) is 7.27. The summed E-state index contributed by atoms with van der Waals surface area (Å²) < 4.78 is 6.86. The normalized spacial score (nSPS) is 17.5. The first-order valence-corrected chi connectivity index (χ1v) is 7.96. The van der Waals surface area contributed by atoms with Gasteiger partial charge in [-0.3, -0.25) is 14.2 Å². The van der Waals surface area contributed by atoms with Gasteiger partial charge >= 0.3 is 0 Å². The van der Waals surface area contributed by atoms with E-state index in [1.165, 1.54) is 0 Å². The van der Waals surface area contributed by atoms with E-state index in [9.17, 15) is 9.59 Å². The van der Waals surface area contributed by atoms with Gasteiger partial charge in [0.15, 0.2) is 0 Å². The Morgan fingerprint density at radius 2 is 2.26 bits per heavy atom. The van der Waals surface area contributed by atoms with Crippen molar-refractivity contribution in [3.8, 4) is 0 Å². The molecule has 1 amide bonds. The summed E-state index contributed by atoms with van der Waals surface area (Å²) in [5.74, 6) is 0.993. The molecule has 0 bridgehead atoms. The molecule has 6 nitrogen and oxygen atoms in total. The van der Waals surface area contributed by atoms with Crippen LogP contribution in [0.25, 0.3) is 10.9 Å². The lowest BCUT2D eigenvalue weighted by molar-refractivity contribution is -0.121. The summed E-state index contributed by atoms with van der Waals surface area (Å²) in [6.45, 7) is 4.27. The summed E-state index contributed by atoms with van der Waals surface area (Å²) in [7, 11) is 0. The number of carbonyl (C=O) groups is 1. The largest absolute Gasteiger partial charge is 0.381 e. The second kappa shape index (κ2) is 6.91. The summed E-state index contributed by atoms with van der Waals surface area (Å²) in [4.78, 5) is 28.9. The third-order valence-electron chi connectivity index (χ3n) is 4.23. The van der Waals surface area contributed by atoms with Gasteiger partial charge in [-0.25, -0.2) is 4.98 Å². The number of nitrogens with one attached hydrogen (secondary N) is 1. The smallest absolute Gasteiger partial charge is 0.261 e. The van der Waals surface area contributed by atoms with Gasteiger partial charge in [0.05, 0.1) is 17.5 Å². The van der Waals surface area contributed by atoms with Gasteiger partial charge in [-0.2, -0.15) is 0 Å². The molecule has 23 heavy (non-hydrogen) atoms. The number of ether oxygens (including phenoxy) is 1. The number of aryl methyl sites for hydroxylation is 1. The van der Waals surface area contributed by atoms with E-state index in [0.717, 1.165) is 13.0 Å². The molecule has 0 radical (unpaired) electrons. The van der Waals surface area contributed by atoms with E-state index in [-0.39, 0.29) is 17.9 Å². The van der Waals surface area contributed by atoms with Crippen molar-refractivity contribution in [3.63, 3.8) is 0 Å². The maximum Gasteiger partial charge on any atom is 0.261 e. The summed E-state index contributed by atoms with van der Waals surface area (Å²) in [5.41, 5.74) is 0.599. The lowest BCUT2D eigenvalue weighted by Crippen LogP contribution is -2.32. The van der Waals surface area contributed by atoms with Crippen LogP contribution in [-0.4, -0.2) is 35.2 Å². The Morgan fingerprint density at radius 1 is 1.43 bits per heavy atom. The molecular formula is C17H21N3O3. The highest BCUT2D eigenvalue weighted by Crippen LogP contribution is 2.11. The molecule has 1 N–H and O–H groups in total. The Balaban J connectivity index is 1.64. The van der Waals surface area contributed by atoms with Crippen LogP contribution < -0.4 is 10.9 Å². The van der Waals surface area contributed by atoms with E-state index in [1.807, 2.05) is 18.2 Å². The van der Waals surface area contributed by atoms with Crippen LogP contribution in [0.15, 0.2) is 29.1 Å². The standard InChI is InChI=1S/C17H21N3O3/c1-12-19-15-5-3-2-4-14(15)17(22)20(12)8-6-16(21)18-10-13-7-9-23-11-13/h2-5,13H,6-11H2,1H3,(H,18,21)/t13-/m1/s1. The number of hydrogen-bond donors (Lipinski definition) is 1. The van der Waals surface area contributed by atoms with Crippen molar-refractivity contribution >= 4 is 16.8 Å². The molecule has 0 aliphatic carbocycles. The van der Waals surface area contributed by atoms with Crippen LogP contribution in [0.4, 0.5) is 0 Å². The van der Waals surface area contributed by atoms with Crippen molar-refractivity contribution in [1.82, 2.24) is 14.9 Å². The molecule has 1 aromatic carbocycles. The molecule has 3 rings (SSSR count). The minimum atomic E-state index is -0.0925. The van der Waals surface area contributed by atoms with Gasteiger partial charge < -0.3 is 10.1 Å². The van der Waals surface area contributed by atoms with Crippen LogP contribution >= 0.6 is 0 Å². The Morgan fingerprint density at radius 3 is 3.04 bits per heavy atom. The van der Waals surface area contributed by atoms with Gasteiger partial charge in [0.2, 0.25) is 5.91 Å². The molecule has 1 atom stereocenters. The van der Waals surface area contributed by atoms with E-state index in [4.69, 9.17) is 4.74 Å². The van der Waals surface area contributed by atoms with Gasteiger partial charge in [-0.1, -0.05) is 12.1 Å². The molecule has 6 heteroatoms. The monoisotopic (exact) mass is 315 g/mol. The predicted molar refractivity (Wildman–Crippen MR) is 87.3 cm³/mol. The molecule has 1 fully saturated rings. The zero-order valence-corrected chi connectivity index (χ0v) is 13.2. The molecule has 1 aliphatic rings. The molecule has 1 saturated heterocycles. The Kier molecular flexibility index (Phi) is 4.71. The molecule has 1 aliphatic heterocycles.